The predicted octanol–water partition coefficient (Wildman–Crippen LogP) is 16.6. The second kappa shape index (κ2) is 13.6. The highest BCUT2D eigenvalue weighted by atomic mass is 16.3. The van der Waals surface area contributed by atoms with Crippen molar-refractivity contribution >= 4 is 99.5 Å². The number of benzene rings is 9. The van der Waals surface area contributed by atoms with Gasteiger partial charge >= 0.3 is 0 Å². The van der Waals surface area contributed by atoms with E-state index in [1.807, 2.05) is 0 Å². The van der Waals surface area contributed by atoms with Gasteiger partial charge < -0.3 is 18.6 Å². The number of fused-ring (bicyclic) bond motifs is 8. The molecule has 11 rings (SSSR count). The molecule has 0 amide bonds. The Hall–Kier alpha value is -7.30. The van der Waals surface area contributed by atoms with Gasteiger partial charge in [0.05, 0.1) is 11.4 Å². The minimum atomic E-state index is 0.818. The van der Waals surface area contributed by atoms with Gasteiger partial charge in [-0.25, -0.2) is 0 Å². The first-order chi connectivity index (χ1) is 29.2. The van der Waals surface area contributed by atoms with E-state index in [0.717, 1.165) is 77.4 Å². The first kappa shape index (κ1) is 35.8. The molecule has 0 N–H and O–H groups in total. The minimum Gasteiger partial charge on any atom is -0.456 e. The molecule has 0 spiro atoms. The summed E-state index contributed by atoms with van der Waals surface area (Å²) in [6.45, 7) is 13.0. The van der Waals surface area contributed by atoms with Crippen LogP contribution in [0.3, 0.4) is 0 Å². The standard InChI is InChI=1S/C56H44N2O2/c1-33-13-19-43(20-14-33)57(55-35(3)9-7-10-36(55)4)45-23-17-39-27-47-49-31-50-48-28-40-18-24-46(58(44-21-15-34(2)16-22-44)56-37(5)11-8-12-38(56)6)26-42(40)30-52(48)60-54(50)32-53(49)59-51(47)29-41(39)25-45/h7-32H,1-6H3. The maximum Gasteiger partial charge on any atom is 0.139 e. The van der Waals surface area contributed by atoms with Crippen molar-refractivity contribution < 1.29 is 8.83 Å². The third-order valence-corrected chi connectivity index (χ3v) is 12.4. The van der Waals surface area contributed by atoms with E-state index < -0.39 is 0 Å². The van der Waals surface area contributed by atoms with Crippen LogP contribution in [0.5, 0.6) is 0 Å². The molecular formula is C56H44N2O2. The lowest BCUT2D eigenvalue weighted by atomic mass is 10.0. The number of furan rings is 2. The van der Waals surface area contributed by atoms with Gasteiger partial charge in [-0.15, -0.1) is 0 Å². The van der Waals surface area contributed by atoms with E-state index in [1.165, 1.54) is 55.5 Å². The van der Waals surface area contributed by atoms with Gasteiger partial charge in [0.15, 0.2) is 0 Å². The third kappa shape index (κ3) is 5.82. The summed E-state index contributed by atoms with van der Waals surface area (Å²) in [7, 11) is 0. The van der Waals surface area contributed by atoms with Crippen molar-refractivity contribution in [3.8, 4) is 0 Å². The number of rotatable bonds is 6. The van der Waals surface area contributed by atoms with Crippen molar-refractivity contribution in [2.75, 3.05) is 9.80 Å². The first-order valence-corrected chi connectivity index (χ1v) is 20.7. The summed E-state index contributed by atoms with van der Waals surface area (Å²) in [5, 5.41) is 8.94. The zero-order chi connectivity index (χ0) is 40.8. The highest BCUT2D eigenvalue weighted by Crippen LogP contribution is 2.44. The van der Waals surface area contributed by atoms with Crippen LogP contribution in [-0.4, -0.2) is 0 Å². The topological polar surface area (TPSA) is 32.8 Å². The zero-order valence-corrected chi connectivity index (χ0v) is 34.7. The maximum absolute atomic E-state index is 6.64. The Morgan fingerprint density at radius 1 is 0.300 bits per heavy atom. The zero-order valence-electron chi connectivity index (χ0n) is 34.7. The van der Waals surface area contributed by atoms with Crippen molar-refractivity contribution in [3.05, 3.63) is 191 Å². The maximum atomic E-state index is 6.64. The van der Waals surface area contributed by atoms with E-state index in [-0.39, 0.29) is 0 Å². The fourth-order valence-electron chi connectivity index (χ4n) is 9.30. The van der Waals surface area contributed by atoms with Crippen LogP contribution in [0.4, 0.5) is 34.1 Å². The van der Waals surface area contributed by atoms with Crippen LogP contribution in [0.2, 0.25) is 0 Å². The summed E-state index contributed by atoms with van der Waals surface area (Å²) in [5.41, 5.74) is 17.7. The van der Waals surface area contributed by atoms with E-state index in [2.05, 4.69) is 209 Å². The van der Waals surface area contributed by atoms with E-state index in [1.54, 1.807) is 0 Å². The van der Waals surface area contributed by atoms with E-state index in [4.69, 9.17) is 8.83 Å². The summed E-state index contributed by atoms with van der Waals surface area (Å²) in [4.78, 5) is 4.75. The van der Waals surface area contributed by atoms with Crippen LogP contribution in [0, 0.1) is 41.5 Å². The highest BCUT2D eigenvalue weighted by molar-refractivity contribution is 6.18. The molecule has 60 heavy (non-hydrogen) atoms. The Morgan fingerprint density at radius 3 is 1.05 bits per heavy atom. The molecule has 11 aromatic rings. The smallest absolute Gasteiger partial charge is 0.139 e. The van der Waals surface area contributed by atoms with E-state index in [9.17, 15) is 0 Å². The van der Waals surface area contributed by atoms with Crippen LogP contribution >= 0.6 is 0 Å². The van der Waals surface area contributed by atoms with Gasteiger partial charge in [-0.3, -0.25) is 0 Å². The molecule has 9 aromatic carbocycles. The number of aryl methyl sites for hydroxylation is 6. The molecule has 290 valence electrons. The van der Waals surface area contributed by atoms with Crippen molar-refractivity contribution in [1.82, 2.24) is 0 Å². The average Bonchev–Trinajstić information content (AvgIpc) is 3.77. The molecule has 2 aromatic heterocycles. The molecule has 0 bridgehead atoms. The molecular weight excluding hydrogens is 733 g/mol. The first-order valence-electron chi connectivity index (χ1n) is 20.7. The molecule has 2 heterocycles. The fourth-order valence-corrected chi connectivity index (χ4v) is 9.30. The summed E-state index contributed by atoms with van der Waals surface area (Å²) >= 11 is 0. The van der Waals surface area contributed by atoms with Gasteiger partial charge in [0, 0.05) is 50.4 Å². The fraction of sp³-hybridized carbons (Fsp3) is 0.107. The summed E-state index contributed by atoms with van der Waals surface area (Å²) < 4.78 is 13.3. The quantitative estimate of drug-likeness (QED) is 0.168. The highest BCUT2D eigenvalue weighted by Gasteiger charge is 2.21. The van der Waals surface area contributed by atoms with Crippen LogP contribution in [0.1, 0.15) is 33.4 Å². The molecule has 4 heteroatoms. The predicted molar refractivity (Wildman–Crippen MR) is 254 cm³/mol. The minimum absolute atomic E-state index is 0.818. The second-order valence-corrected chi connectivity index (χ2v) is 16.6. The van der Waals surface area contributed by atoms with Crippen LogP contribution < -0.4 is 9.80 Å². The SMILES string of the molecule is Cc1ccc(N(c2ccc3cc4c(cc3c2)oc2cc3oc5cc6cc(N(c7ccc(C)cc7)c7c(C)cccc7C)ccc6cc5c3cc24)c2c(C)cccc2C)cc1. The summed E-state index contributed by atoms with van der Waals surface area (Å²) in [6.07, 6.45) is 0. The second-order valence-electron chi connectivity index (χ2n) is 16.6. The molecule has 0 aliphatic rings. The van der Waals surface area contributed by atoms with E-state index >= 15 is 0 Å². The normalized spacial score (nSPS) is 11.8. The Bertz CT molecular complexity index is 3230. The van der Waals surface area contributed by atoms with Gasteiger partial charge in [-0.2, -0.15) is 0 Å². The van der Waals surface area contributed by atoms with Crippen LogP contribution in [0.25, 0.3) is 65.4 Å². The van der Waals surface area contributed by atoms with Crippen molar-refractivity contribution in [3.63, 3.8) is 0 Å². The van der Waals surface area contributed by atoms with Gasteiger partial charge in [0.2, 0.25) is 0 Å². The van der Waals surface area contributed by atoms with E-state index in [0.29, 0.717) is 0 Å². The Morgan fingerprint density at radius 2 is 0.650 bits per heavy atom. The lowest BCUT2D eigenvalue weighted by molar-refractivity contribution is 0.656. The van der Waals surface area contributed by atoms with Gasteiger partial charge in [0.1, 0.15) is 22.3 Å². The van der Waals surface area contributed by atoms with Crippen LogP contribution in [-0.2, 0) is 0 Å². The molecule has 0 unspecified atom stereocenters. The molecule has 0 radical (unpaired) electrons. The average molecular weight is 777 g/mol. The lowest BCUT2D eigenvalue weighted by Crippen LogP contribution is -2.12. The Labute approximate surface area is 349 Å². The molecule has 4 nitrogen and oxygen atoms in total. The number of hydrogen-bond acceptors (Lipinski definition) is 4. The number of anilines is 6. The molecule has 0 saturated heterocycles. The van der Waals surface area contributed by atoms with Crippen molar-refractivity contribution in [2.45, 2.75) is 41.5 Å². The van der Waals surface area contributed by atoms with Crippen LogP contribution in [0.15, 0.2) is 167 Å². The summed E-state index contributed by atoms with van der Waals surface area (Å²) in [6, 6.07) is 57.4. The monoisotopic (exact) mass is 776 g/mol. The van der Waals surface area contributed by atoms with Gasteiger partial charge in [-0.1, -0.05) is 83.9 Å². The molecule has 0 aliphatic carbocycles. The van der Waals surface area contributed by atoms with Gasteiger partial charge in [0.25, 0.3) is 0 Å². The number of para-hydroxylation sites is 2. The Kier molecular flexibility index (Phi) is 8.15. The molecule has 0 saturated carbocycles. The Balaban J connectivity index is 1.01. The van der Waals surface area contributed by atoms with Gasteiger partial charge in [-0.05, 0) is 164 Å². The lowest BCUT2D eigenvalue weighted by Gasteiger charge is -2.29. The number of hydrogen-bond donors (Lipinski definition) is 0. The molecule has 0 aliphatic heterocycles. The largest absolute Gasteiger partial charge is 0.456 e. The third-order valence-electron chi connectivity index (χ3n) is 12.4. The van der Waals surface area contributed by atoms with Crippen molar-refractivity contribution in [2.24, 2.45) is 0 Å². The van der Waals surface area contributed by atoms with Crippen molar-refractivity contribution in [1.29, 1.82) is 0 Å². The molecule has 0 fully saturated rings. The number of nitrogens with zero attached hydrogens (tertiary/aromatic N) is 2. The molecule has 0 atom stereocenters. The summed E-state index contributed by atoms with van der Waals surface area (Å²) in [5.74, 6) is 0.